The largest absolute Gasteiger partial charge is 0.388 e. The lowest BCUT2D eigenvalue weighted by atomic mass is 10.1. The summed E-state index contributed by atoms with van der Waals surface area (Å²) in [6.07, 6.45) is 1.81. The Kier molecular flexibility index (Phi) is 2.42. The summed E-state index contributed by atoms with van der Waals surface area (Å²) in [4.78, 5) is 4.34. The SMILES string of the molecule is CNc1cc2cccnc2c(Br)c1C. The van der Waals surface area contributed by atoms with Crippen LogP contribution in [0.4, 0.5) is 5.69 Å². The molecule has 72 valence electrons. The molecule has 0 aliphatic carbocycles. The monoisotopic (exact) mass is 250 g/mol. The van der Waals surface area contributed by atoms with Gasteiger partial charge in [-0.2, -0.15) is 0 Å². The van der Waals surface area contributed by atoms with E-state index in [0.29, 0.717) is 0 Å². The lowest BCUT2D eigenvalue weighted by Gasteiger charge is -2.09. The molecule has 1 heterocycles. The van der Waals surface area contributed by atoms with Gasteiger partial charge in [0.2, 0.25) is 0 Å². The van der Waals surface area contributed by atoms with Crippen LogP contribution in [-0.4, -0.2) is 12.0 Å². The number of halogens is 1. The molecule has 0 saturated carbocycles. The molecule has 0 amide bonds. The number of nitrogens with zero attached hydrogens (tertiary/aromatic N) is 1. The molecule has 14 heavy (non-hydrogen) atoms. The van der Waals surface area contributed by atoms with Crippen molar-refractivity contribution < 1.29 is 0 Å². The van der Waals surface area contributed by atoms with Gasteiger partial charge in [-0.15, -0.1) is 0 Å². The van der Waals surface area contributed by atoms with Crippen LogP contribution in [0.15, 0.2) is 28.9 Å². The third-order valence-corrected chi connectivity index (χ3v) is 3.32. The number of rotatable bonds is 1. The van der Waals surface area contributed by atoms with Crippen molar-refractivity contribution >= 4 is 32.5 Å². The molecule has 1 aromatic carbocycles. The van der Waals surface area contributed by atoms with Crippen LogP contribution in [0.3, 0.4) is 0 Å². The smallest absolute Gasteiger partial charge is 0.0848 e. The number of anilines is 1. The van der Waals surface area contributed by atoms with Crippen molar-refractivity contribution in [1.82, 2.24) is 4.98 Å². The quantitative estimate of drug-likeness (QED) is 0.840. The zero-order valence-corrected chi connectivity index (χ0v) is 9.72. The Morgan fingerprint density at radius 3 is 2.93 bits per heavy atom. The van der Waals surface area contributed by atoms with Crippen LogP contribution < -0.4 is 5.32 Å². The predicted octanol–water partition coefficient (Wildman–Crippen LogP) is 3.35. The van der Waals surface area contributed by atoms with Gasteiger partial charge in [-0.05, 0) is 40.5 Å². The Balaban J connectivity index is 2.85. The first-order chi connectivity index (χ1) is 6.74. The van der Waals surface area contributed by atoms with E-state index in [1.165, 1.54) is 5.56 Å². The standard InChI is InChI=1S/C11H11BrN2/c1-7-9(13-2)6-8-4-3-5-14-11(8)10(7)12/h3-6,13H,1-2H3. The fraction of sp³-hybridized carbons (Fsp3) is 0.182. The summed E-state index contributed by atoms with van der Waals surface area (Å²) in [6, 6.07) is 6.12. The van der Waals surface area contributed by atoms with Crippen LogP contribution in [-0.2, 0) is 0 Å². The third kappa shape index (κ3) is 1.38. The number of pyridine rings is 1. The van der Waals surface area contributed by atoms with E-state index in [2.05, 4.69) is 45.3 Å². The first-order valence-corrected chi connectivity index (χ1v) is 5.25. The molecule has 0 aliphatic heterocycles. The molecule has 0 bridgehead atoms. The molecular weight excluding hydrogens is 240 g/mol. The van der Waals surface area contributed by atoms with Crippen molar-refractivity contribution in [3.63, 3.8) is 0 Å². The zero-order valence-electron chi connectivity index (χ0n) is 8.13. The van der Waals surface area contributed by atoms with Crippen LogP contribution in [0.5, 0.6) is 0 Å². The molecule has 1 N–H and O–H groups in total. The van der Waals surface area contributed by atoms with E-state index in [0.717, 1.165) is 21.1 Å². The van der Waals surface area contributed by atoms with E-state index < -0.39 is 0 Å². The molecule has 1 aromatic heterocycles. The number of benzene rings is 1. The molecule has 0 aliphatic rings. The molecule has 0 saturated heterocycles. The van der Waals surface area contributed by atoms with Crippen molar-refractivity contribution in [2.75, 3.05) is 12.4 Å². The number of aromatic nitrogens is 1. The highest BCUT2D eigenvalue weighted by molar-refractivity contribution is 9.10. The van der Waals surface area contributed by atoms with Gasteiger partial charge >= 0.3 is 0 Å². The molecule has 0 spiro atoms. The van der Waals surface area contributed by atoms with Crippen LogP contribution in [0.1, 0.15) is 5.56 Å². The van der Waals surface area contributed by atoms with Gasteiger partial charge in [0.1, 0.15) is 0 Å². The van der Waals surface area contributed by atoms with Gasteiger partial charge in [0.05, 0.1) is 5.52 Å². The normalized spacial score (nSPS) is 10.5. The van der Waals surface area contributed by atoms with E-state index in [4.69, 9.17) is 0 Å². The van der Waals surface area contributed by atoms with Gasteiger partial charge < -0.3 is 5.32 Å². The average Bonchev–Trinajstić information content (AvgIpc) is 2.23. The van der Waals surface area contributed by atoms with E-state index in [1.807, 2.05) is 19.3 Å². The number of nitrogens with one attached hydrogen (secondary N) is 1. The summed E-state index contributed by atoms with van der Waals surface area (Å²) in [5.41, 5.74) is 3.35. The molecule has 0 unspecified atom stereocenters. The summed E-state index contributed by atoms with van der Waals surface area (Å²) in [7, 11) is 1.93. The van der Waals surface area contributed by atoms with E-state index >= 15 is 0 Å². The third-order valence-electron chi connectivity index (χ3n) is 2.35. The molecule has 0 radical (unpaired) electrons. The molecular formula is C11H11BrN2. The lowest BCUT2D eigenvalue weighted by Crippen LogP contribution is -1.94. The van der Waals surface area contributed by atoms with Crippen molar-refractivity contribution in [1.29, 1.82) is 0 Å². The Bertz CT molecular complexity index is 480. The minimum atomic E-state index is 1.02. The molecule has 2 nitrogen and oxygen atoms in total. The minimum Gasteiger partial charge on any atom is -0.388 e. The fourth-order valence-corrected chi connectivity index (χ4v) is 2.08. The van der Waals surface area contributed by atoms with Crippen molar-refractivity contribution in [2.45, 2.75) is 6.92 Å². The predicted molar refractivity (Wildman–Crippen MR) is 63.7 cm³/mol. The summed E-state index contributed by atoms with van der Waals surface area (Å²) >= 11 is 3.57. The molecule has 2 rings (SSSR count). The summed E-state index contributed by atoms with van der Waals surface area (Å²) < 4.78 is 1.07. The zero-order chi connectivity index (χ0) is 10.1. The molecule has 0 fully saturated rings. The topological polar surface area (TPSA) is 24.9 Å². The summed E-state index contributed by atoms with van der Waals surface area (Å²) in [5, 5.41) is 4.32. The minimum absolute atomic E-state index is 1.02. The van der Waals surface area contributed by atoms with Crippen molar-refractivity contribution in [2.24, 2.45) is 0 Å². The van der Waals surface area contributed by atoms with E-state index in [9.17, 15) is 0 Å². The van der Waals surface area contributed by atoms with Crippen LogP contribution in [0.2, 0.25) is 0 Å². The second-order valence-electron chi connectivity index (χ2n) is 3.19. The number of fused-ring (bicyclic) bond motifs is 1. The Morgan fingerprint density at radius 2 is 2.21 bits per heavy atom. The average molecular weight is 251 g/mol. The Morgan fingerprint density at radius 1 is 1.43 bits per heavy atom. The van der Waals surface area contributed by atoms with Crippen molar-refractivity contribution in [3.05, 3.63) is 34.4 Å². The number of hydrogen-bond donors (Lipinski definition) is 1. The lowest BCUT2D eigenvalue weighted by molar-refractivity contribution is 1.35. The maximum atomic E-state index is 4.34. The first-order valence-electron chi connectivity index (χ1n) is 4.45. The molecule has 2 aromatic rings. The van der Waals surface area contributed by atoms with Gasteiger partial charge in [0.15, 0.2) is 0 Å². The van der Waals surface area contributed by atoms with E-state index in [1.54, 1.807) is 0 Å². The maximum Gasteiger partial charge on any atom is 0.0848 e. The highest BCUT2D eigenvalue weighted by Gasteiger charge is 2.06. The number of hydrogen-bond acceptors (Lipinski definition) is 2. The van der Waals surface area contributed by atoms with Gasteiger partial charge in [-0.1, -0.05) is 6.07 Å². The van der Waals surface area contributed by atoms with Crippen LogP contribution in [0, 0.1) is 6.92 Å². The second kappa shape index (κ2) is 3.58. The highest BCUT2D eigenvalue weighted by atomic mass is 79.9. The van der Waals surface area contributed by atoms with Gasteiger partial charge in [-0.3, -0.25) is 4.98 Å². The van der Waals surface area contributed by atoms with Crippen LogP contribution >= 0.6 is 15.9 Å². The van der Waals surface area contributed by atoms with Gasteiger partial charge in [0, 0.05) is 28.8 Å². The van der Waals surface area contributed by atoms with Crippen molar-refractivity contribution in [3.8, 4) is 0 Å². The van der Waals surface area contributed by atoms with Gasteiger partial charge in [0.25, 0.3) is 0 Å². The first kappa shape index (κ1) is 9.46. The van der Waals surface area contributed by atoms with E-state index in [-0.39, 0.29) is 0 Å². The summed E-state index contributed by atoms with van der Waals surface area (Å²) in [5.74, 6) is 0. The Labute approximate surface area is 91.5 Å². The Hall–Kier alpha value is -1.09. The van der Waals surface area contributed by atoms with Crippen LogP contribution in [0.25, 0.3) is 10.9 Å². The fourth-order valence-electron chi connectivity index (χ4n) is 1.54. The summed E-state index contributed by atoms with van der Waals surface area (Å²) in [6.45, 7) is 2.07. The highest BCUT2D eigenvalue weighted by Crippen LogP contribution is 2.31. The van der Waals surface area contributed by atoms with Gasteiger partial charge in [-0.25, -0.2) is 0 Å². The molecule has 0 atom stereocenters. The molecule has 3 heteroatoms. The second-order valence-corrected chi connectivity index (χ2v) is 3.98. The maximum absolute atomic E-state index is 4.34.